The molecular formula is C23H31N5O2. The quantitative estimate of drug-likeness (QED) is 0.561. The number of nitrogens with zero attached hydrogens (tertiary/aromatic N) is 5. The van der Waals surface area contributed by atoms with Crippen LogP contribution in [0.5, 0.6) is 0 Å². The molecule has 0 radical (unpaired) electrons. The first-order chi connectivity index (χ1) is 14.2. The van der Waals surface area contributed by atoms with E-state index < -0.39 is 0 Å². The van der Waals surface area contributed by atoms with Crippen molar-refractivity contribution in [3.8, 4) is 17.3 Å². The molecule has 3 aromatic rings. The van der Waals surface area contributed by atoms with Gasteiger partial charge in [-0.1, -0.05) is 34.1 Å². The third-order valence-corrected chi connectivity index (χ3v) is 5.03. The fourth-order valence-electron chi connectivity index (χ4n) is 3.30. The zero-order chi connectivity index (χ0) is 21.9. The number of hydrogen-bond donors (Lipinski definition) is 0. The molecule has 7 heteroatoms. The molecule has 0 saturated carbocycles. The second-order valence-corrected chi connectivity index (χ2v) is 8.49. The van der Waals surface area contributed by atoms with Gasteiger partial charge in [0, 0.05) is 31.0 Å². The summed E-state index contributed by atoms with van der Waals surface area (Å²) in [6, 6.07) is 9.60. The third-order valence-electron chi connectivity index (χ3n) is 5.03. The Balaban J connectivity index is 1.93. The highest BCUT2D eigenvalue weighted by Crippen LogP contribution is 2.29. The molecule has 0 aliphatic rings. The van der Waals surface area contributed by atoms with Crippen LogP contribution in [0.15, 0.2) is 34.7 Å². The number of carbonyl (C=O) groups excluding carboxylic acids is 1. The molecule has 30 heavy (non-hydrogen) atoms. The zero-order valence-corrected chi connectivity index (χ0v) is 18.8. The van der Waals surface area contributed by atoms with Gasteiger partial charge in [0.1, 0.15) is 5.69 Å². The molecule has 0 unspecified atom stereocenters. The molecular weight excluding hydrogens is 378 g/mol. The lowest BCUT2D eigenvalue weighted by Gasteiger charge is -2.22. The minimum Gasteiger partial charge on any atom is -0.420 e. The van der Waals surface area contributed by atoms with Crippen LogP contribution in [0.3, 0.4) is 0 Å². The Morgan fingerprint density at radius 2 is 1.83 bits per heavy atom. The van der Waals surface area contributed by atoms with Crippen molar-refractivity contribution in [2.45, 2.75) is 59.8 Å². The minimum atomic E-state index is -0.145. The molecule has 1 amide bonds. The van der Waals surface area contributed by atoms with E-state index in [0.717, 1.165) is 30.8 Å². The maximum atomic E-state index is 12.8. The van der Waals surface area contributed by atoms with Crippen molar-refractivity contribution in [1.82, 2.24) is 24.9 Å². The van der Waals surface area contributed by atoms with E-state index in [0.29, 0.717) is 29.6 Å². The molecule has 0 aliphatic carbocycles. The summed E-state index contributed by atoms with van der Waals surface area (Å²) >= 11 is 0. The van der Waals surface area contributed by atoms with E-state index in [-0.39, 0.29) is 11.3 Å². The highest BCUT2D eigenvalue weighted by molar-refractivity contribution is 5.94. The largest absolute Gasteiger partial charge is 0.420 e. The molecule has 0 aliphatic heterocycles. The van der Waals surface area contributed by atoms with Gasteiger partial charge in [0.05, 0.1) is 11.4 Å². The van der Waals surface area contributed by atoms with Crippen molar-refractivity contribution in [3.63, 3.8) is 0 Å². The number of rotatable bonds is 7. The van der Waals surface area contributed by atoms with Crippen LogP contribution in [0.1, 0.15) is 69.4 Å². The van der Waals surface area contributed by atoms with Crippen molar-refractivity contribution in [2.24, 2.45) is 0 Å². The number of aromatic nitrogens is 4. The summed E-state index contributed by atoms with van der Waals surface area (Å²) in [5, 5.41) is 12.7. The first-order valence-electron chi connectivity index (χ1n) is 10.5. The first-order valence-corrected chi connectivity index (χ1v) is 10.5. The summed E-state index contributed by atoms with van der Waals surface area (Å²) in [5.74, 6) is 0.970. The van der Waals surface area contributed by atoms with Crippen LogP contribution >= 0.6 is 0 Å². The Morgan fingerprint density at radius 3 is 2.37 bits per heavy atom. The van der Waals surface area contributed by atoms with Crippen molar-refractivity contribution >= 4 is 5.91 Å². The Morgan fingerprint density at radius 1 is 1.13 bits per heavy atom. The van der Waals surface area contributed by atoms with Crippen molar-refractivity contribution in [3.05, 3.63) is 47.5 Å². The lowest BCUT2D eigenvalue weighted by atomic mass is 9.91. The zero-order valence-electron chi connectivity index (χ0n) is 18.8. The van der Waals surface area contributed by atoms with E-state index in [1.165, 1.54) is 0 Å². The predicted octanol–water partition coefficient (Wildman–Crippen LogP) is 4.79. The van der Waals surface area contributed by atoms with Gasteiger partial charge in [-0.05, 0) is 43.7 Å². The fraction of sp³-hybridized carbons (Fsp3) is 0.478. The van der Waals surface area contributed by atoms with Crippen LogP contribution < -0.4 is 0 Å². The molecule has 0 atom stereocenters. The number of carbonyl (C=O) groups is 1. The van der Waals surface area contributed by atoms with Gasteiger partial charge in [0.15, 0.2) is 0 Å². The summed E-state index contributed by atoms with van der Waals surface area (Å²) < 4.78 is 7.45. The maximum absolute atomic E-state index is 12.8. The topological polar surface area (TPSA) is 77.1 Å². The number of unbranched alkanes of at least 4 members (excludes halogenated alkanes) is 1. The number of aryl methyl sites for hydroxylation is 1. The van der Waals surface area contributed by atoms with Crippen LogP contribution in [-0.4, -0.2) is 43.9 Å². The normalized spacial score (nSPS) is 11.7. The Hall–Kier alpha value is -2.96. The molecule has 2 heterocycles. The van der Waals surface area contributed by atoms with Crippen LogP contribution in [-0.2, 0) is 5.41 Å². The SMILES string of the molecule is CCCCN(CC)C(=O)c1ccc(-n2nc(-c3nnc(C)o3)cc2C(C)(C)C)cc1. The van der Waals surface area contributed by atoms with E-state index in [1.807, 2.05) is 46.8 Å². The lowest BCUT2D eigenvalue weighted by molar-refractivity contribution is 0.0762. The number of amides is 1. The van der Waals surface area contributed by atoms with Gasteiger partial charge < -0.3 is 9.32 Å². The second-order valence-electron chi connectivity index (χ2n) is 8.49. The average molecular weight is 410 g/mol. The Kier molecular flexibility index (Phi) is 6.39. The van der Waals surface area contributed by atoms with E-state index in [2.05, 4.69) is 37.9 Å². The Bertz CT molecular complexity index is 996. The lowest BCUT2D eigenvalue weighted by Crippen LogP contribution is -2.31. The second kappa shape index (κ2) is 8.81. The summed E-state index contributed by atoms with van der Waals surface area (Å²) in [6.45, 7) is 13.8. The molecule has 160 valence electrons. The fourth-order valence-corrected chi connectivity index (χ4v) is 3.30. The summed E-state index contributed by atoms with van der Waals surface area (Å²) in [4.78, 5) is 14.7. The predicted molar refractivity (Wildman–Crippen MR) is 117 cm³/mol. The van der Waals surface area contributed by atoms with Gasteiger partial charge in [0.2, 0.25) is 5.89 Å². The number of hydrogen-bond acceptors (Lipinski definition) is 5. The van der Waals surface area contributed by atoms with Crippen LogP contribution in [0.25, 0.3) is 17.3 Å². The van der Waals surface area contributed by atoms with Crippen molar-refractivity contribution in [1.29, 1.82) is 0 Å². The molecule has 0 bridgehead atoms. The number of benzene rings is 1. The first kappa shape index (κ1) is 21.7. The molecule has 3 rings (SSSR count). The highest BCUT2D eigenvalue weighted by Gasteiger charge is 2.24. The average Bonchev–Trinajstić information content (AvgIpc) is 3.35. The van der Waals surface area contributed by atoms with E-state index >= 15 is 0 Å². The minimum absolute atomic E-state index is 0.0658. The van der Waals surface area contributed by atoms with E-state index in [4.69, 9.17) is 9.52 Å². The van der Waals surface area contributed by atoms with Crippen molar-refractivity contribution in [2.75, 3.05) is 13.1 Å². The molecule has 0 N–H and O–H groups in total. The molecule has 0 spiro atoms. The van der Waals surface area contributed by atoms with Gasteiger partial charge in [-0.25, -0.2) is 4.68 Å². The smallest absolute Gasteiger partial charge is 0.268 e. The summed E-state index contributed by atoms with van der Waals surface area (Å²) in [7, 11) is 0. The summed E-state index contributed by atoms with van der Waals surface area (Å²) in [6.07, 6.45) is 2.08. The molecule has 0 saturated heterocycles. The van der Waals surface area contributed by atoms with E-state index in [9.17, 15) is 4.79 Å². The molecule has 0 fully saturated rings. The van der Waals surface area contributed by atoms with Crippen LogP contribution in [0, 0.1) is 6.92 Å². The van der Waals surface area contributed by atoms with Crippen molar-refractivity contribution < 1.29 is 9.21 Å². The monoisotopic (exact) mass is 409 g/mol. The third kappa shape index (κ3) is 4.61. The van der Waals surface area contributed by atoms with Gasteiger partial charge in [-0.3, -0.25) is 4.79 Å². The maximum Gasteiger partial charge on any atom is 0.268 e. The molecule has 2 aromatic heterocycles. The standard InChI is InChI=1S/C23H31N5O2/c1-7-9-14-27(8-2)22(29)17-10-12-18(13-11-17)28-20(23(4,5)6)15-19(26-28)21-25-24-16(3)30-21/h10-13,15H,7-9,14H2,1-6H3. The van der Waals surface area contributed by atoms with Crippen LogP contribution in [0.4, 0.5) is 0 Å². The summed E-state index contributed by atoms with van der Waals surface area (Å²) in [5.41, 5.74) is 3.08. The highest BCUT2D eigenvalue weighted by atomic mass is 16.4. The Labute approximate surface area is 178 Å². The van der Waals surface area contributed by atoms with Crippen LogP contribution in [0.2, 0.25) is 0 Å². The molecule has 7 nitrogen and oxygen atoms in total. The molecule has 1 aromatic carbocycles. The van der Waals surface area contributed by atoms with Gasteiger partial charge >= 0.3 is 0 Å². The van der Waals surface area contributed by atoms with Gasteiger partial charge in [-0.15, -0.1) is 10.2 Å². The van der Waals surface area contributed by atoms with Gasteiger partial charge in [-0.2, -0.15) is 5.10 Å². The van der Waals surface area contributed by atoms with E-state index in [1.54, 1.807) is 6.92 Å². The van der Waals surface area contributed by atoms with Gasteiger partial charge in [0.25, 0.3) is 11.8 Å².